The van der Waals surface area contributed by atoms with Crippen LogP contribution >= 0.6 is 23.7 Å². The van der Waals surface area contributed by atoms with Crippen molar-refractivity contribution in [3.05, 3.63) is 45.9 Å². The van der Waals surface area contributed by atoms with Gasteiger partial charge in [0.05, 0.1) is 24.0 Å². The SMILES string of the molecule is Cc1ncsc1C(=O)OC/C=N/NCc1ccccc1O.Cl. The lowest BCUT2D eigenvalue weighted by atomic mass is 10.2. The highest BCUT2D eigenvalue weighted by atomic mass is 35.5. The lowest BCUT2D eigenvalue weighted by molar-refractivity contribution is 0.0571. The van der Waals surface area contributed by atoms with Crippen LogP contribution in [0.1, 0.15) is 20.9 Å². The van der Waals surface area contributed by atoms with Gasteiger partial charge in [-0.15, -0.1) is 23.7 Å². The van der Waals surface area contributed by atoms with Crippen LogP contribution in [0.5, 0.6) is 5.75 Å². The Kier molecular flexibility index (Phi) is 7.34. The largest absolute Gasteiger partial charge is 0.508 e. The van der Waals surface area contributed by atoms with Gasteiger partial charge in [-0.2, -0.15) is 5.10 Å². The normalized spacial score (nSPS) is 10.2. The van der Waals surface area contributed by atoms with Crippen LogP contribution in [0.15, 0.2) is 34.9 Å². The second kappa shape index (κ2) is 9.01. The van der Waals surface area contributed by atoms with Crippen molar-refractivity contribution >= 4 is 35.9 Å². The fourth-order valence-corrected chi connectivity index (χ4v) is 2.26. The predicted octanol–water partition coefficient (Wildman–Crippen LogP) is 2.51. The zero-order valence-electron chi connectivity index (χ0n) is 11.9. The minimum Gasteiger partial charge on any atom is -0.508 e. The second-order valence-corrected chi connectivity index (χ2v) is 5.00. The number of phenolic OH excluding ortho intramolecular Hbond substituents is 1. The van der Waals surface area contributed by atoms with E-state index >= 15 is 0 Å². The van der Waals surface area contributed by atoms with Gasteiger partial charge in [0.2, 0.25) is 0 Å². The minimum atomic E-state index is -0.401. The number of benzene rings is 1. The summed E-state index contributed by atoms with van der Waals surface area (Å²) < 4.78 is 5.04. The third-order valence-corrected chi connectivity index (χ3v) is 3.57. The highest BCUT2D eigenvalue weighted by Crippen LogP contribution is 2.14. The molecule has 0 spiro atoms. The third kappa shape index (κ3) is 5.01. The first-order valence-corrected chi connectivity index (χ1v) is 7.15. The van der Waals surface area contributed by atoms with Gasteiger partial charge in [-0.25, -0.2) is 9.78 Å². The summed E-state index contributed by atoms with van der Waals surface area (Å²) in [6, 6.07) is 6.99. The van der Waals surface area contributed by atoms with Crippen molar-refractivity contribution in [2.45, 2.75) is 13.5 Å². The quantitative estimate of drug-likeness (QED) is 0.479. The number of nitrogens with zero attached hydrogens (tertiary/aromatic N) is 2. The molecule has 0 aliphatic carbocycles. The molecule has 0 unspecified atom stereocenters. The first kappa shape index (κ1) is 17.9. The Morgan fingerprint density at radius 3 is 2.95 bits per heavy atom. The standard InChI is InChI=1S/C14H15N3O3S.ClH/c1-10-13(21-9-15-10)14(19)20-7-6-16-17-8-11-4-2-3-5-12(11)18;/h2-6,9,17-18H,7-8H2,1H3;1H/b16-6+;. The van der Waals surface area contributed by atoms with E-state index in [-0.39, 0.29) is 24.8 Å². The van der Waals surface area contributed by atoms with Gasteiger partial charge in [-0.1, -0.05) is 18.2 Å². The topological polar surface area (TPSA) is 83.8 Å². The maximum atomic E-state index is 11.7. The summed E-state index contributed by atoms with van der Waals surface area (Å²) >= 11 is 1.25. The van der Waals surface area contributed by atoms with Gasteiger partial charge in [0.15, 0.2) is 0 Å². The lowest BCUT2D eigenvalue weighted by Crippen LogP contribution is -2.10. The van der Waals surface area contributed by atoms with E-state index in [0.717, 1.165) is 5.56 Å². The Balaban J connectivity index is 0.00000242. The molecule has 2 aromatic rings. The molecule has 2 rings (SSSR count). The van der Waals surface area contributed by atoms with Crippen LogP contribution in [0.2, 0.25) is 0 Å². The van der Waals surface area contributed by atoms with Crippen LogP contribution in [0.25, 0.3) is 0 Å². The van der Waals surface area contributed by atoms with Crippen LogP contribution in [0.4, 0.5) is 0 Å². The number of hydrogen-bond donors (Lipinski definition) is 2. The van der Waals surface area contributed by atoms with Gasteiger partial charge in [0.25, 0.3) is 0 Å². The van der Waals surface area contributed by atoms with E-state index < -0.39 is 5.97 Å². The Morgan fingerprint density at radius 2 is 2.27 bits per heavy atom. The maximum absolute atomic E-state index is 11.7. The number of halogens is 1. The van der Waals surface area contributed by atoms with Crippen LogP contribution in [-0.2, 0) is 11.3 Å². The Hall–Kier alpha value is -2.12. The summed E-state index contributed by atoms with van der Waals surface area (Å²) in [6.45, 7) is 2.23. The molecule has 0 saturated heterocycles. The summed E-state index contributed by atoms with van der Waals surface area (Å²) in [5, 5.41) is 13.5. The van der Waals surface area contributed by atoms with Crippen molar-refractivity contribution in [2.75, 3.05) is 6.61 Å². The molecule has 1 aromatic carbocycles. The van der Waals surface area contributed by atoms with Gasteiger partial charge in [0.1, 0.15) is 17.2 Å². The minimum absolute atomic E-state index is 0. The summed E-state index contributed by atoms with van der Waals surface area (Å²) in [4.78, 5) is 16.1. The monoisotopic (exact) mass is 341 g/mol. The number of esters is 1. The third-order valence-electron chi connectivity index (χ3n) is 2.66. The molecule has 8 heteroatoms. The highest BCUT2D eigenvalue weighted by Gasteiger charge is 2.12. The number of hydrogen-bond acceptors (Lipinski definition) is 7. The number of thiazole rings is 1. The van der Waals surface area contributed by atoms with Gasteiger partial charge < -0.3 is 15.3 Å². The number of phenols is 1. The van der Waals surface area contributed by atoms with Crippen molar-refractivity contribution in [1.82, 2.24) is 10.4 Å². The average molecular weight is 342 g/mol. The molecule has 6 nitrogen and oxygen atoms in total. The number of nitrogens with one attached hydrogen (secondary N) is 1. The molecule has 0 fully saturated rings. The molecule has 0 radical (unpaired) electrons. The van der Waals surface area contributed by atoms with E-state index in [1.165, 1.54) is 17.6 Å². The molecule has 1 aromatic heterocycles. The number of hydrazone groups is 1. The molecule has 0 saturated carbocycles. The zero-order chi connectivity index (χ0) is 15.1. The van der Waals surface area contributed by atoms with Gasteiger partial charge in [0, 0.05) is 5.56 Å². The molecule has 118 valence electrons. The van der Waals surface area contributed by atoms with E-state index in [4.69, 9.17) is 4.74 Å². The van der Waals surface area contributed by atoms with Gasteiger partial charge in [-0.05, 0) is 13.0 Å². The zero-order valence-corrected chi connectivity index (χ0v) is 13.5. The van der Waals surface area contributed by atoms with E-state index in [1.54, 1.807) is 30.6 Å². The molecule has 0 amide bonds. The number of ether oxygens (including phenoxy) is 1. The first-order chi connectivity index (χ1) is 10.2. The summed E-state index contributed by atoms with van der Waals surface area (Å²) in [5.41, 5.74) is 5.78. The number of carbonyl (C=O) groups is 1. The average Bonchev–Trinajstić information content (AvgIpc) is 2.90. The van der Waals surface area contributed by atoms with Gasteiger partial charge >= 0.3 is 5.97 Å². The van der Waals surface area contributed by atoms with Crippen LogP contribution < -0.4 is 5.43 Å². The number of aromatic hydroxyl groups is 1. The molecule has 22 heavy (non-hydrogen) atoms. The van der Waals surface area contributed by atoms with E-state index in [1.807, 2.05) is 6.07 Å². The molecule has 0 aliphatic rings. The number of aromatic nitrogens is 1. The maximum Gasteiger partial charge on any atom is 0.350 e. The fraction of sp³-hybridized carbons (Fsp3) is 0.214. The molecule has 0 atom stereocenters. The summed E-state index contributed by atoms with van der Waals surface area (Å²) in [6.07, 6.45) is 1.45. The van der Waals surface area contributed by atoms with Crippen molar-refractivity contribution in [3.63, 3.8) is 0 Å². The molecule has 1 heterocycles. The Bertz CT molecular complexity index is 646. The first-order valence-electron chi connectivity index (χ1n) is 6.27. The number of carbonyl (C=O) groups excluding carboxylic acids is 1. The Morgan fingerprint density at radius 1 is 1.50 bits per heavy atom. The van der Waals surface area contributed by atoms with Crippen LogP contribution in [0.3, 0.4) is 0 Å². The number of rotatable bonds is 6. The Labute approximate surface area is 138 Å². The van der Waals surface area contributed by atoms with Crippen LogP contribution in [-0.4, -0.2) is 28.9 Å². The van der Waals surface area contributed by atoms with Crippen molar-refractivity contribution in [3.8, 4) is 5.75 Å². The smallest absolute Gasteiger partial charge is 0.350 e. The molecule has 0 bridgehead atoms. The van der Waals surface area contributed by atoms with Gasteiger partial charge in [-0.3, -0.25) is 0 Å². The lowest BCUT2D eigenvalue weighted by Gasteiger charge is -2.03. The number of para-hydroxylation sites is 1. The molecular weight excluding hydrogens is 326 g/mol. The van der Waals surface area contributed by atoms with E-state index in [0.29, 0.717) is 17.1 Å². The summed E-state index contributed by atoms with van der Waals surface area (Å²) in [7, 11) is 0. The van der Waals surface area contributed by atoms with Crippen molar-refractivity contribution in [1.29, 1.82) is 0 Å². The van der Waals surface area contributed by atoms with Crippen molar-refractivity contribution < 1.29 is 14.6 Å². The molecular formula is C14H16ClN3O3S. The van der Waals surface area contributed by atoms with E-state index in [9.17, 15) is 9.90 Å². The van der Waals surface area contributed by atoms with E-state index in [2.05, 4.69) is 15.5 Å². The highest BCUT2D eigenvalue weighted by molar-refractivity contribution is 7.11. The predicted molar refractivity (Wildman–Crippen MR) is 87.8 cm³/mol. The molecule has 2 N–H and O–H groups in total. The number of aryl methyl sites for hydroxylation is 1. The second-order valence-electron chi connectivity index (χ2n) is 4.14. The van der Waals surface area contributed by atoms with Crippen molar-refractivity contribution in [2.24, 2.45) is 5.10 Å². The molecule has 0 aliphatic heterocycles. The summed E-state index contributed by atoms with van der Waals surface area (Å²) in [5.74, 6) is -0.186. The van der Waals surface area contributed by atoms with Crippen LogP contribution in [0, 0.1) is 6.92 Å². The fourth-order valence-electron chi connectivity index (χ4n) is 1.57.